The van der Waals surface area contributed by atoms with Crippen LogP contribution in [0.3, 0.4) is 0 Å². The summed E-state index contributed by atoms with van der Waals surface area (Å²) in [6.45, 7) is 9.92. The van der Waals surface area contributed by atoms with E-state index in [1.807, 2.05) is 24.4 Å². The minimum Gasteiger partial charge on any atom is -0.371 e. The van der Waals surface area contributed by atoms with Crippen LogP contribution in [0.4, 0.5) is 11.4 Å². The first kappa shape index (κ1) is 35.0. The molecule has 5 aromatic rings. The molecule has 0 spiro atoms. The zero-order valence-electron chi connectivity index (χ0n) is 31.4. The average molecular weight is 742 g/mol. The second-order valence-electron chi connectivity index (χ2n) is 15.6. The number of nitrogens with zero attached hydrogens (tertiary/aromatic N) is 6. The van der Waals surface area contributed by atoms with Crippen molar-refractivity contribution in [1.29, 1.82) is 0 Å². The van der Waals surface area contributed by atoms with E-state index in [9.17, 15) is 19.2 Å². The Morgan fingerprint density at radius 1 is 0.782 bits per heavy atom. The second-order valence-corrected chi connectivity index (χ2v) is 15.6. The molecular formula is C42H47N9O4. The fraction of sp³-hybridized carbons (Fsp3) is 0.405. The Morgan fingerprint density at radius 3 is 2.31 bits per heavy atom. The van der Waals surface area contributed by atoms with Crippen LogP contribution in [-0.2, 0) is 23.1 Å². The number of hydrogen-bond donors (Lipinski definition) is 3. The standard InChI is InChI=1S/C42H47N9O4/c1-26-21-29(3-5-31(26)35-22-28(9-13-43-35)34-24-32-33(45-34)10-14-44-40(32)53)50-19-17-48(18-20-50)25-27-11-15-49(16-12-27)30-4-6-36-38(23-30)47(2)42(55)51(36)37-7-8-39(52)46-41(37)54/h3-6,9,13,21-24,27,37,45H,7-8,10-12,14-20,25H2,1-2H3,(H,44,53)(H,46,52,54). The fourth-order valence-electron chi connectivity index (χ4n) is 9.03. The molecule has 284 valence electrons. The number of aromatic amines is 1. The van der Waals surface area contributed by atoms with Crippen LogP contribution >= 0.6 is 0 Å². The van der Waals surface area contributed by atoms with E-state index in [4.69, 9.17) is 4.98 Å². The van der Waals surface area contributed by atoms with E-state index in [2.05, 4.69) is 73.6 Å². The van der Waals surface area contributed by atoms with Crippen molar-refractivity contribution in [2.75, 3.05) is 62.2 Å². The third-order valence-electron chi connectivity index (χ3n) is 12.2. The number of aryl methyl sites for hydroxylation is 2. The number of H-pyrrole nitrogens is 1. The van der Waals surface area contributed by atoms with Gasteiger partial charge in [0.2, 0.25) is 11.8 Å². The van der Waals surface area contributed by atoms with Gasteiger partial charge in [-0.3, -0.25) is 38.7 Å². The van der Waals surface area contributed by atoms with Crippen molar-refractivity contribution in [3.05, 3.63) is 88.1 Å². The molecule has 0 bridgehead atoms. The number of anilines is 2. The van der Waals surface area contributed by atoms with Gasteiger partial charge in [0, 0.05) is 112 Å². The Kier molecular flexibility index (Phi) is 9.04. The first-order valence-corrected chi connectivity index (χ1v) is 19.5. The topological polar surface area (TPSA) is 141 Å². The van der Waals surface area contributed by atoms with Crippen molar-refractivity contribution >= 4 is 40.1 Å². The van der Waals surface area contributed by atoms with Gasteiger partial charge in [0.25, 0.3) is 5.91 Å². The molecule has 1 unspecified atom stereocenters. The highest BCUT2D eigenvalue weighted by Gasteiger charge is 2.32. The molecule has 55 heavy (non-hydrogen) atoms. The lowest BCUT2D eigenvalue weighted by molar-refractivity contribution is -0.135. The molecular weight excluding hydrogens is 695 g/mol. The summed E-state index contributed by atoms with van der Waals surface area (Å²) in [5.74, 6) is -0.0774. The Labute approximate surface area is 319 Å². The number of hydrogen-bond acceptors (Lipinski definition) is 8. The molecule has 13 heteroatoms. The van der Waals surface area contributed by atoms with Gasteiger partial charge in [0.05, 0.1) is 22.3 Å². The highest BCUT2D eigenvalue weighted by Crippen LogP contribution is 2.32. The summed E-state index contributed by atoms with van der Waals surface area (Å²) >= 11 is 0. The maximum absolute atomic E-state index is 13.2. The lowest BCUT2D eigenvalue weighted by Gasteiger charge is -2.40. The summed E-state index contributed by atoms with van der Waals surface area (Å²) < 4.78 is 3.15. The van der Waals surface area contributed by atoms with E-state index in [1.54, 1.807) is 16.2 Å². The maximum Gasteiger partial charge on any atom is 0.329 e. The number of piperazine rings is 1. The molecule has 3 N–H and O–H groups in total. The zero-order chi connectivity index (χ0) is 37.8. The van der Waals surface area contributed by atoms with Crippen molar-refractivity contribution in [3.8, 4) is 22.5 Å². The van der Waals surface area contributed by atoms with Gasteiger partial charge in [0.15, 0.2) is 0 Å². The number of pyridine rings is 1. The van der Waals surface area contributed by atoms with Crippen molar-refractivity contribution in [2.24, 2.45) is 13.0 Å². The number of carbonyl (C=O) groups is 3. The largest absolute Gasteiger partial charge is 0.371 e. The van der Waals surface area contributed by atoms with E-state index >= 15 is 0 Å². The SMILES string of the molecule is Cc1cc(N2CCN(CC3CCN(c4ccc5c(c4)n(C)c(=O)n5C4CCC(=O)NC4=O)CC3)CC2)ccc1-c1cc(-c2cc3c([nH]2)CCNC3=O)ccn1. The first-order chi connectivity index (χ1) is 26.7. The lowest BCUT2D eigenvalue weighted by Crippen LogP contribution is -2.49. The number of amides is 3. The third-order valence-corrected chi connectivity index (χ3v) is 12.2. The van der Waals surface area contributed by atoms with Crippen LogP contribution in [0.15, 0.2) is 65.6 Å². The van der Waals surface area contributed by atoms with Gasteiger partial charge in [0.1, 0.15) is 6.04 Å². The molecule has 3 aromatic heterocycles. The number of piperidine rings is 2. The molecule has 4 aliphatic rings. The molecule has 3 saturated heterocycles. The van der Waals surface area contributed by atoms with Gasteiger partial charge >= 0.3 is 5.69 Å². The van der Waals surface area contributed by atoms with E-state index in [0.29, 0.717) is 18.9 Å². The molecule has 0 aliphatic carbocycles. The molecule has 1 atom stereocenters. The third kappa shape index (κ3) is 6.60. The van der Waals surface area contributed by atoms with Gasteiger partial charge in [-0.2, -0.15) is 0 Å². The Bertz CT molecular complexity index is 2380. The molecule has 3 amide bonds. The van der Waals surface area contributed by atoms with Crippen LogP contribution in [0.1, 0.15) is 53.3 Å². The highest BCUT2D eigenvalue weighted by molar-refractivity contribution is 6.00. The van der Waals surface area contributed by atoms with E-state index in [1.165, 1.54) is 11.3 Å². The van der Waals surface area contributed by atoms with E-state index < -0.39 is 11.9 Å². The van der Waals surface area contributed by atoms with E-state index in [-0.39, 0.29) is 23.9 Å². The lowest BCUT2D eigenvalue weighted by atomic mass is 9.95. The maximum atomic E-state index is 13.2. The Hall–Kier alpha value is -5.69. The highest BCUT2D eigenvalue weighted by atomic mass is 16.2. The number of fused-ring (bicyclic) bond motifs is 2. The van der Waals surface area contributed by atoms with Gasteiger partial charge in [-0.15, -0.1) is 0 Å². The molecule has 2 aromatic carbocycles. The van der Waals surface area contributed by atoms with Crippen LogP contribution < -0.4 is 26.1 Å². The van der Waals surface area contributed by atoms with Crippen LogP contribution in [0, 0.1) is 12.8 Å². The number of imide groups is 1. The molecule has 0 saturated carbocycles. The molecule has 3 fully saturated rings. The predicted octanol–water partition coefficient (Wildman–Crippen LogP) is 4.01. The molecule has 13 nitrogen and oxygen atoms in total. The van der Waals surface area contributed by atoms with Gasteiger partial charge in [-0.1, -0.05) is 6.07 Å². The van der Waals surface area contributed by atoms with Crippen LogP contribution in [0.5, 0.6) is 0 Å². The molecule has 7 heterocycles. The number of nitrogens with one attached hydrogen (secondary N) is 3. The summed E-state index contributed by atoms with van der Waals surface area (Å²) in [7, 11) is 1.75. The second kappa shape index (κ2) is 14.2. The summed E-state index contributed by atoms with van der Waals surface area (Å²) in [6.07, 6.45) is 5.45. The first-order valence-electron chi connectivity index (χ1n) is 19.5. The van der Waals surface area contributed by atoms with Crippen LogP contribution in [-0.4, -0.2) is 94.1 Å². The van der Waals surface area contributed by atoms with Gasteiger partial charge in [-0.25, -0.2) is 4.79 Å². The summed E-state index contributed by atoms with van der Waals surface area (Å²) in [4.78, 5) is 65.5. The summed E-state index contributed by atoms with van der Waals surface area (Å²) in [6, 6.07) is 18.1. The predicted molar refractivity (Wildman–Crippen MR) is 212 cm³/mol. The van der Waals surface area contributed by atoms with Crippen molar-refractivity contribution in [1.82, 2.24) is 34.6 Å². The minimum absolute atomic E-state index is 0.0171. The van der Waals surface area contributed by atoms with Crippen molar-refractivity contribution in [3.63, 3.8) is 0 Å². The molecule has 4 aliphatic heterocycles. The van der Waals surface area contributed by atoms with Crippen LogP contribution in [0.2, 0.25) is 0 Å². The number of rotatable bonds is 7. The minimum atomic E-state index is -0.677. The summed E-state index contributed by atoms with van der Waals surface area (Å²) in [5.41, 5.74) is 10.5. The number of aromatic nitrogens is 4. The van der Waals surface area contributed by atoms with Gasteiger partial charge < -0.3 is 20.1 Å². The summed E-state index contributed by atoms with van der Waals surface area (Å²) in [5, 5.41) is 5.31. The molecule has 0 radical (unpaired) electrons. The Morgan fingerprint density at radius 2 is 1.55 bits per heavy atom. The van der Waals surface area contributed by atoms with Crippen LogP contribution in [0.25, 0.3) is 33.5 Å². The molecule has 9 rings (SSSR count). The quantitative estimate of drug-likeness (QED) is 0.213. The van der Waals surface area contributed by atoms with E-state index in [0.717, 1.165) is 116 Å². The zero-order valence-corrected chi connectivity index (χ0v) is 31.4. The number of benzene rings is 2. The van der Waals surface area contributed by atoms with Crippen molar-refractivity contribution in [2.45, 2.75) is 45.1 Å². The fourth-order valence-corrected chi connectivity index (χ4v) is 9.03. The Balaban J connectivity index is 0.790. The van der Waals surface area contributed by atoms with Crippen molar-refractivity contribution < 1.29 is 14.4 Å². The normalized spacial score (nSPS) is 19.8. The number of imidazole rings is 1. The van der Waals surface area contributed by atoms with Gasteiger partial charge in [-0.05, 0) is 86.2 Å². The smallest absolute Gasteiger partial charge is 0.329 e. The number of carbonyl (C=O) groups excluding carboxylic acids is 3. The average Bonchev–Trinajstić information content (AvgIpc) is 3.75. The monoisotopic (exact) mass is 741 g/mol.